The predicted molar refractivity (Wildman–Crippen MR) is 91.4 cm³/mol. The minimum Gasteiger partial charge on any atom is -0.477 e. The summed E-state index contributed by atoms with van der Waals surface area (Å²) in [6.45, 7) is 1.75. The van der Waals surface area contributed by atoms with Gasteiger partial charge in [0.2, 0.25) is 0 Å². The fourth-order valence-electron chi connectivity index (χ4n) is 2.47. The van der Waals surface area contributed by atoms with Crippen molar-refractivity contribution in [3.05, 3.63) is 59.0 Å². The summed E-state index contributed by atoms with van der Waals surface area (Å²) in [5.41, 5.74) is 1.00. The number of carbonyl (C=O) groups is 3. The minimum absolute atomic E-state index is 0.0692. The average Bonchev–Trinajstić information content (AvgIpc) is 3.15. The second-order valence-electron chi connectivity index (χ2n) is 5.64. The number of nitrogens with zero attached hydrogens (tertiary/aromatic N) is 4. The number of methoxy groups -OCH3 is 1. The summed E-state index contributed by atoms with van der Waals surface area (Å²) in [6, 6.07) is 7.29. The molecule has 0 bridgehead atoms. The van der Waals surface area contributed by atoms with Crippen LogP contribution in [-0.4, -0.2) is 49.9 Å². The van der Waals surface area contributed by atoms with Gasteiger partial charge in [0.15, 0.2) is 11.3 Å². The summed E-state index contributed by atoms with van der Waals surface area (Å²) in [5.74, 6) is -2.26. The maximum Gasteiger partial charge on any atom is 0.354 e. The smallest absolute Gasteiger partial charge is 0.354 e. The third-order valence-corrected chi connectivity index (χ3v) is 3.90. The lowest BCUT2D eigenvalue weighted by molar-refractivity contribution is 0.0599. The van der Waals surface area contributed by atoms with E-state index in [1.807, 2.05) is 0 Å². The van der Waals surface area contributed by atoms with Crippen LogP contribution in [0.25, 0.3) is 5.65 Å². The molecular formula is C17H15N5O5. The summed E-state index contributed by atoms with van der Waals surface area (Å²) >= 11 is 0. The zero-order valence-electron chi connectivity index (χ0n) is 14.4. The van der Waals surface area contributed by atoms with Crippen molar-refractivity contribution in [2.24, 2.45) is 0 Å². The van der Waals surface area contributed by atoms with Crippen LogP contribution in [0.1, 0.15) is 49.9 Å². The van der Waals surface area contributed by atoms with Gasteiger partial charge in [0.25, 0.3) is 5.91 Å². The van der Waals surface area contributed by atoms with Gasteiger partial charge in [-0.1, -0.05) is 17.3 Å². The molecule has 1 aromatic carbocycles. The normalized spacial score (nSPS) is 11.8. The van der Waals surface area contributed by atoms with Crippen LogP contribution in [0.3, 0.4) is 0 Å². The number of amides is 1. The Morgan fingerprint density at radius 1 is 1.22 bits per heavy atom. The first kappa shape index (κ1) is 18.0. The molecule has 3 aromatic rings. The highest BCUT2D eigenvalue weighted by Crippen LogP contribution is 2.15. The zero-order chi connectivity index (χ0) is 19.6. The molecule has 0 saturated carbocycles. The van der Waals surface area contributed by atoms with Gasteiger partial charge in [-0.3, -0.25) is 4.79 Å². The summed E-state index contributed by atoms with van der Waals surface area (Å²) in [5, 5.41) is 19.2. The summed E-state index contributed by atoms with van der Waals surface area (Å²) in [4.78, 5) is 39.4. The van der Waals surface area contributed by atoms with E-state index in [4.69, 9.17) is 0 Å². The summed E-state index contributed by atoms with van der Waals surface area (Å²) in [7, 11) is 1.30. The summed E-state index contributed by atoms with van der Waals surface area (Å²) < 4.78 is 5.68. The maximum absolute atomic E-state index is 12.5. The molecule has 0 fully saturated rings. The fraction of sp³-hybridized carbons (Fsp3) is 0.176. The van der Waals surface area contributed by atoms with E-state index in [0.717, 1.165) is 16.1 Å². The number of fused-ring (bicyclic) bond motifs is 1. The van der Waals surface area contributed by atoms with Crippen molar-refractivity contribution < 1.29 is 24.2 Å². The third-order valence-electron chi connectivity index (χ3n) is 3.90. The quantitative estimate of drug-likeness (QED) is 0.638. The standard InChI is InChI=1S/C17H15N5O5/c1-9(10-3-5-11(6-4-10)17(26)27-2)19-15(23)12-7-13(16(24)25)22-14(20-12)8-18-21-22/h3-9H,1-2H3,(H,19,23)(H,24,25)/t9-/m0/s1. The molecule has 27 heavy (non-hydrogen) atoms. The Hall–Kier alpha value is -3.82. The van der Waals surface area contributed by atoms with E-state index in [1.165, 1.54) is 13.3 Å². The average molecular weight is 369 g/mol. The highest BCUT2D eigenvalue weighted by atomic mass is 16.5. The van der Waals surface area contributed by atoms with Gasteiger partial charge in [-0.15, -0.1) is 5.10 Å². The van der Waals surface area contributed by atoms with E-state index in [2.05, 4.69) is 25.3 Å². The molecule has 0 aliphatic rings. The van der Waals surface area contributed by atoms with Crippen LogP contribution < -0.4 is 5.32 Å². The van der Waals surface area contributed by atoms with Crippen LogP contribution in [0.5, 0.6) is 0 Å². The van der Waals surface area contributed by atoms with Crippen LogP contribution >= 0.6 is 0 Å². The highest BCUT2D eigenvalue weighted by molar-refractivity contribution is 5.96. The van der Waals surface area contributed by atoms with Crippen molar-refractivity contribution >= 4 is 23.5 Å². The molecule has 0 radical (unpaired) electrons. The number of carboxylic acid groups (broad SMARTS) is 1. The molecule has 2 heterocycles. The van der Waals surface area contributed by atoms with Crippen molar-refractivity contribution in [1.29, 1.82) is 0 Å². The lowest BCUT2D eigenvalue weighted by Gasteiger charge is -2.14. The lowest BCUT2D eigenvalue weighted by atomic mass is 10.1. The SMILES string of the molecule is COC(=O)c1ccc([C@H](C)NC(=O)c2cc(C(=O)O)n3nncc3n2)cc1. The van der Waals surface area contributed by atoms with Gasteiger partial charge in [-0.2, -0.15) is 4.52 Å². The Morgan fingerprint density at radius 3 is 2.56 bits per heavy atom. The molecule has 10 nitrogen and oxygen atoms in total. The Morgan fingerprint density at radius 2 is 1.93 bits per heavy atom. The third kappa shape index (κ3) is 3.59. The molecule has 0 unspecified atom stereocenters. The van der Waals surface area contributed by atoms with Crippen LogP contribution in [0.4, 0.5) is 0 Å². The van der Waals surface area contributed by atoms with Gasteiger partial charge in [0.05, 0.1) is 24.9 Å². The number of carboxylic acids is 1. The number of ether oxygens (including phenoxy) is 1. The van der Waals surface area contributed by atoms with Crippen molar-refractivity contribution in [3.8, 4) is 0 Å². The molecule has 0 aliphatic heterocycles. The Balaban J connectivity index is 1.81. The Bertz CT molecular complexity index is 1030. The lowest BCUT2D eigenvalue weighted by Crippen LogP contribution is -2.28. The molecule has 1 atom stereocenters. The second kappa shape index (κ2) is 7.20. The molecule has 1 amide bonds. The molecule has 138 valence electrons. The minimum atomic E-state index is -1.26. The first-order chi connectivity index (χ1) is 12.9. The van der Waals surface area contributed by atoms with E-state index in [1.54, 1.807) is 31.2 Å². The van der Waals surface area contributed by atoms with Crippen molar-refractivity contribution in [1.82, 2.24) is 25.1 Å². The molecule has 0 saturated heterocycles. The van der Waals surface area contributed by atoms with E-state index in [-0.39, 0.29) is 17.0 Å². The second-order valence-corrected chi connectivity index (χ2v) is 5.64. The number of nitrogens with one attached hydrogen (secondary N) is 1. The van der Waals surface area contributed by atoms with E-state index < -0.39 is 23.9 Å². The maximum atomic E-state index is 12.5. The topological polar surface area (TPSA) is 136 Å². The number of hydrogen-bond acceptors (Lipinski definition) is 7. The van der Waals surface area contributed by atoms with Gasteiger partial charge >= 0.3 is 11.9 Å². The first-order valence-corrected chi connectivity index (χ1v) is 7.84. The van der Waals surface area contributed by atoms with E-state index >= 15 is 0 Å². The van der Waals surface area contributed by atoms with Crippen molar-refractivity contribution in [3.63, 3.8) is 0 Å². The van der Waals surface area contributed by atoms with Gasteiger partial charge in [0.1, 0.15) is 5.69 Å². The van der Waals surface area contributed by atoms with Crippen molar-refractivity contribution in [2.75, 3.05) is 7.11 Å². The molecular weight excluding hydrogens is 354 g/mol. The molecule has 2 N–H and O–H groups in total. The van der Waals surface area contributed by atoms with Crippen LogP contribution in [0.15, 0.2) is 36.5 Å². The number of hydrogen-bond donors (Lipinski definition) is 2. The first-order valence-electron chi connectivity index (χ1n) is 7.84. The van der Waals surface area contributed by atoms with Crippen LogP contribution in [0.2, 0.25) is 0 Å². The van der Waals surface area contributed by atoms with E-state index in [0.29, 0.717) is 5.56 Å². The molecule has 3 rings (SSSR count). The van der Waals surface area contributed by atoms with Gasteiger partial charge < -0.3 is 15.2 Å². The summed E-state index contributed by atoms with van der Waals surface area (Å²) in [6.07, 6.45) is 1.26. The molecule has 2 aromatic heterocycles. The van der Waals surface area contributed by atoms with Crippen molar-refractivity contribution in [2.45, 2.75) is 13.0 Å². The number of aromatic nitrogens is 4. The number of carbonyl (C=O) groups excluding carboxylic acids is 2. The largest absolute Gasteiger partial charge is 0.477 e. The highest BCUT2D eigenvalue weighted by Gasteiger charge is 2.19. The van der Waals surface area contributed by atoms with Gasteiger partial charge in [-0.05, 0) is 24.6 Å². The van der Waals surface area contributed by atoms with Gasteiger partial charge in [-0.25, -0.2) is 14.6 Å². The Kier molecular flexibility index (Phi) is 4.79. The fourth-order valence-corrected chi connectivity index (χ4v) is 2.47. The number of aromatic carboxylic acids is 1. The number of benzene rings is 1. The Labute approximate surface area is 152 Å². The van der Waals surface area contributed by atoms with E-state index in [9.17, 15) is 19.5 Å². The van der Waals surface area contributed by atoms with Crippen LogP contribution in [-0.2, 0) is 4.74 Å². The monoisotopic (exact) mass is 369 g/mol. The van der Waals surface area contributed by atoms with Crippen LogP contribution in [0, 0.1) is 0 Å². The molecule has 0 aliphatic carbocycles. The number of rotatable bonds is 5. The van der Waals surface area contributed by atoms with Gasteiger partial charge in [0, 0.05) is 6.07 Å². The number of esters is 1. The molecule has 0 spiro atoms. The predicted octanol–water partition coefficient (Wildman–Crippen LogP) is 1.10. The molecule has 10 heteroatoms. The zero-order valence-corrected chi connectivity index (χ0v) is 14.4.